The Labute approximate surface area is 88.7 Å². The fourth-order valence-electron chi connectivity index (χ4n) is 0.924. The van der Waals surface area contributed by atoms with Crippen LogP contribution in [0.15, 0.2) is 24.4 Å². The number of thiocarbonyl (C=S) groups is 1. The summed E-state index contributed by atoms with van der Waals surface area (Å²) in [6, 6.07) is 5.83. The summed E-state index contributed by atoms with van der Waals surface area (Å²) in [5, 5.41) is 0.313. The van der Waals surface area contributed by atoms with Gasteiger partial charge in [0.2, 0.25) is 0 Å². The van der Waals surface area contributed by atoms with Gasteiger partial charge >= 0.3 is 0 Å². The summed E-state index contributed by atoms with van der Waals surface area (Å²) in [5.41, 5.74) is 6.66. The van der Waals surface area contributed by atoms with Crippen LogP contribution in [0.2, 0.25) is 0 Å². The second-order valence-electron chi connectivity index (χ2n) is 2.74. The standard InChI is InChI=1S/C9H13N3OS/c1-7(11-12-9(14)13-2)8-5-3-4-6-10-8/h3-7,11H,1-2H3,(H,12,14). The summed E-state index contributed by atoms with van der Waals surface area (Å²) in [5.74, 6) is 0. The lowest BCUT2D eigenvalue weighted by Gasteiger charge is -2.14. The number of nitrogens with one attached hydrogen (secondary N) is 2. The van der Waals surface area contributed by atoms with Gasteiger partial charge in [0.05, 0.1) is 18.8 Å². The minimum atomic E-state index is 0.0734. The lowest BCUT2D eigenvalue weighted by molar-refractivity contribution is 0.371. The first-order valence-corrected chi connectivity index (χ1v) is 4.65. The molecule has 1 heterocycles. The summed E-state index contributed by atoms with van der Waals surface area (Å²) in [6.07, 6.45) is 1.75. The van der Waals surface area contributed by atoms with E-state index >= 15 is 0 Å². The third-order valence-electron chi connectivity index (χ3n) is 1.71. The Kier molecular flexibility index (Phi) is 4.28. The molecule has 76 valence electrons. The average molecular weight is 211 g/mol. The van der Waals surface area contributed by atoms with Crippen molar-refractivity contribution in [3.63, 3.8) is 0 Å². The quantitative estimate of drug-likeness (QED) is 0.580. The Morgan fingerprint density at radius 2 is 2.36 bits per heavy atom. The first kappa shape index (κ1) is 10.9. The van der Waals surface area contributed by atoms with Gasteiger partial charge in [-0.1, -0.05) is 6.07 Å². The molecule has 4 nitrogen and oxygen atoms in total. The molecule has 1 aromatic heterocycles. The highest BCUT2D eigenvalue weighted by Crippen LogP contribution is 2.05. The summed E-state index contributed by atoms with van der Waals surface area (Å²) in [7, 11) is 1.52. The molecule has 0 amide bonds. The molecule has 0 spiro atoms. The van der Waals surface area contributed by atoms with Crippen LogP contribution in [0.4, 0.5) is 0 Å². The SMILES string of the molecule is COC(=S)NNC(C)c1ccccn1. The smallest absolute Gasteiger partial charge is 0.271 e. The van der Waals surface area contributed by atoms with E-state index in [1.807, 2.05) is 25.1 Å². The number of hydrogen-bond acceptors (Lipinski definition) is 4. The van der Waals surface area contributed by atoms with Gasteiger partial charge in [0.25, 0.3) is 5.17 Å². The summed E-state index contributed by atoms with van der Waals surface area (Å²) < 4.78 is 4.77. The van der Waals surface area contributed by atoms with E-state index in [4.69, 9.17) is 17.0 Å². The number of hydrogen-bond donors (Lipinski definition) is 2. The molecule has 14 heavy (non-hydrogen) atoms. The van der Waals surface area contributed by atoms with E-state index < -0.39 is 0 Å². The van der Waals surface area contributed by atoms with Crippen molar-refractivity contribution in [2.24, 2.45) is 0 Å². The van der Waals surface area contributed by atoms with Crippen molar-refractivity contribution < 1.29 is 4.74 Å². The molecule has 0 saturated heterocycles. The van der Waals surface area contributed by atoms with Crippen molar-refractivity contribution in [2.45, 2.75) is 13.0 Å². The summed E-state index contributed by atoms with van der Waals surface area (Å²) >= 11 is 4.81. The first-order valence-electron chi connectivity index (χ1n) is 4.24. The van der Waals surface area contributed by atoms with Crippen molar-refractivity contribution in [1.29, 1.82) is 0 Å². The van der Waals surface area contributed by atoms with Crippen molar-refractivity contribution in [1.82, 2.24) is 15.8 Å². The molecule has 1 aromatic rings. The maximum absolute atomic E-state index is 4.81. The topological polar surface area (TPSA) is 46.2 Å². The number of hydrazine groups is 1. The number of rotatable bonds is 3. The van der Waals surface area contributed by atoms with Crippen LogP contribution >= 0.6 is 12.2 Å². The molecule has 0 aliphatic heterocycles. The van der Waals surface area contributed by atoms with Crippen molar-refractivity contribution >= 4 is 17.4 Å². The summed E-state index contributed by atoms with van der Waals surface area (Å²) in [6.45, 7) is 1.98. The van der Waals surface area contributed by atoms with Crippen LogP contribution < -0.4 is 10.9 Å². The Morgan fingerprint density at radius 1 is 1.57 bits per heavy atom. The zero-order valence-corrected chi connectivity index (χ0v) is 8.97. The van der Waals surface area contributed by atoms with Crippen molar-refractivity contribution in [2.75, 3.05) is 7.11 Å². The van der Waals surface area contributed by atoms with Gasteiger partial charge in [-0.3, -0.25) is 10.4 Å². The lowest BCUT2D eigenvalue weighted by atomic mass is 10.2. The van der Waals surface area contributed by atoms with Crippen molar-refractivity contribution in [3.8, 4) is 0 Å². The molecule has 5 heteroatoms. The monoisotopic (exact) mass is 211 g/mol. The second kappa shape index (κ2) is 5.51. The van der Waals surface area contributed by atoms with E-state index in [-0.39, 0.29) is 6.04 Å². The van der Waals surface area contributed by atoms with Gasteiger partial charge in [0.15, 0.2) is 0 Å². The van der Waals surface area contributed by atoms with Gasteiger partial charge in [-0.05, 0) is 31.3 Å². The fraction of sp³-hybridized carbons (Fsp3) is 0.333. The maximum atomic E-state index is 4.81. The fourth-order valence-corrected chi connectivity index (χ4v) is 0.983. The Balaban J connectivity index is 2.43. The van der Waals surface area contributed by atoms with Gasteiger partial charge in [0.1, 0.15) is 0 Å². The van der Waals surface area contributed by atoms with E-state index in [0.717, 1.165) is 5.69 Å². The lowest BCUT2D eigenvalue weighted by Crippen LogP contribution is -2.38. The van der Waals surface area contributed by atoms with E-state index in [9.17, 15) is 0 Å². The number of methoxy groups -OCH3 is 1. The third kappa shape index (κ3) is 3.27. The zero-order valence-electron chi connectivity index (χ0n) is 8.15. The number of pyridine rings is 1. The van der Waals surface area contributed by atoms with Gasteiger partial charge in [0, 0.05) is 6.20 Å². The molecule has 1 unspecified atom stereocenters. The summed E-state index contributed by atoms with van der Waals surface area (Å²) in [4.78, 5) is 4.20. The third-order valence-corrected chi connectivity index (χ3v) is 1.98. The molecule has 0 fully saturated rings. The van der Waals surface area contributed by atoms with Crippen molar-refractivity contribution in [3.05, 3.63) is 30.1 Å². The number of nitrogens with zero attached hydrogens (tertiary/aromatic N) is 1. The maximum Gasteiger partial charge on any atom is 0.271 e. The van der Waals surface area contributed by atoms with E-state index in [1.165, 1.54) is 7.11 Å². The average Bonchev–Trinajstić information content (AvgIpc) is 2.26. The van der Waals surface area contributed by atoms with Crippen LogP contribution in [-0.4, -0.2) is 17.3 Å². The Morgan fingerprint density at radius 3 is 2.93 bits per heavy atom. The molecule has 0 bridgehead atoms. The minimum Gasteiger partial charge on any atom is -0.473 e. The largest absolute Gasteiger partial charge is 0.473 e. The molecule has 0 aliphatic carbocycles. The zero-order chi connectivity index (χ0) is 10.4. The molecule has 0 aliphatic rings. The second-order valence-corrected chi connectivity index (χ2v) is 3.11. The van der Waals surface area contributed by atoms with Crippen LogP contribution in [0.3, 0.4) is 0 Å². The van der Waals surface area contributed by atoms with Gasteiger partial charge in [-0.15, -0.1) is 0 Å². The highest BCUT2D eigenvalue weighted by molar-refractivity contribution is 7.80. The number of ether oxygens (including phenoxy) is 1. The van der Waals surface area contributed by atoms with Crippen LogP contribution in [-0.2, 0) is 4.74 Å². The predicted octanol–water partition coefficient (Wildman–Crippen LogP) is 1.17. The Hall–Kier alpha value is -1.20. The minimum absolute atomic E-state index is 0.0734. The highest BCUT2D eigenvalue weighted by Gasteiger charge is 2.05. The first-order chi connectivity index (χ1) is 6.74. The molecular weight excluding hydrogens is 198 g/mol. The highest BCUT2D eigenvalue weighted by atomic mass is 32.1. The molecule has 0 saturated carbocycles. The van der Waals surface area contributed by atoms with E-state index in [1.54, 1.807) is 6.20 Å². The van der Waals surface area contributed by atoms with E-state index in [2.05, 4.69) is 15.8 Å². The normalized spacial score (nSPS) is 11.9. The number of aromatic nitrogens is 1. The predicted molar refractivity (Wildman–Crippen MR) is 58.5 cm³/mol. The Bertz CT molecular complexity index is 291. The molecule has 1 atom stereocenters. The molecular formula is C9H13N3OS. The van der Waals surface area contributed by atoms with Crippen LogP contribution in [0, 0.1) is 0 Å². The van der Waals surface area contributed by atoms with Crippen LogP contribution in [0.5, 0.6) is 0 Å². The van der Waals surface area contributed by atoms with Crippen LogP contribution in [0.25, 0.3) is 0 Å². The molecule has 0 aromatic carbocycles. The van der Waals surface area contributed by atoms with Gasteiger partial charge in [-0.25, -0.2) is 5.43 Å². The van der Waals surface area contributed by atoms with Gasteiger partial charge in [-0.2, -0.15) is 0 Å². The molecule has 2 N–H and O–H groups in total. The van der Waals surface area contributed by atoms with E-state index in [0.29, 0.717) is 5.17 Å². The molecule has 0 radical (unpaired) electrons. The van der Waals surface area contributed by atoms with Crippen LogP contribution in [0.1, 0.15) is 18.7 Å². The van der Waals surface area contributed by atoms with Gasteiger partial charge < -0.3 is 4.74 Å². The molecule has 1 rings (SSSR count).